The maximum atomic E-state index is 16.2. The molecule has 4 heterocycles. The van der Waals surface area contributed by atoms with Gasteiger partial charge in [-0.1, -0.05) is 29.8 Å². The molecule has 0 saturated heterocycles. The van der Waals surface area contributed by atoms with Gasteiger partial charge in [0.25, 0.3) is 0 Å². The van der Waals surface area contributed by atoms with Crippen molar-refractivity contribution in [1.29, 1.82) is 0 Å². The van der Waals surface area contributed by atoms with E-state index < -0.39 is 17.7 Å². The molecule has 192 valence electrons. The summed E-state index contributed by atoms with van der Waals surface area (Å²) in [7, 11) is 0. The smallest absolute Gasteiger partial charge is 0.307 e. The maximum absolute atomic E-state index is 16.2. The third kappa shape index (κ3) is 3.75. The third-order valence-electron chi connectivity index (χ3n) is 8.28. The number of carboxylic acid groups (broad SMARTS) is 1. The van der Waals surface area contributed by atoms with E-state index in [2.05, 4.69) is 24.9 Å². The highest BCUT2D eigenvalue weighted by molar-refractivity contribution is 6.29. The minimum atomic E-state index is -0.807. The number of aromatic amines is 1. The lowest BCUT2D eigenvalue weighted by molar-refractivity contribution is -0.152. The maximum Gasteiger partial charge on any atom is 0.307 e. The molecule has 2 unspecified atom stereocenters. The van der Waals surface area contributed by atoms with E-state index >= 15 is 4.39 Å². The second kappa shape index (κ2) is 8.87. The number of aliphatic carboxylic acids is 1. The molecule has 3 fully saturated rings. The van der Waals surface area contributed by atoms with Crippen LogP contribution in [-0.4, -0.2) is 36.0 Å². The number of hydrogen-bond acceptors (Lipinski definition) is 6. The molecule has 4 aromatic heterocycles. The molecule has 3 aliphatic carbocycles. The topological polar surface area (TPSA) is 118 Å². The van der Waals surface area contributed by atoms with Crippen molar-refractivity contribution in [2.45, 2.75) is 32.1 Å². The lowest BCUT2D eigenvalue weighted by atomic mass is 9.57. The van der Waals surface area contributed by atoms with Gasteiger partial charge >= 0.3 is 5.97 Å². The van der Waals surface area contributed by atoms with Crippen molar-refractivity contribution in [2.24, 2.45) is 23.7 Å². The van der Waals surface area contributed by atoms with Crippen LogP contribution < -0.4 is 0 Å². The molecule has 1 aromatic carbocycles. The molecule has 3 aliphatic rings. The van der Waals surface area contributed by atoms with E-state index in [0.717, 1.165) is 31.1 Å². The molecule has 0 radical (unpaired) electrons. The van der Waals surface area contributed by atoms with Crippen LogP contribution in [0.15, 0.2) is 47.1 Å². The largest absolute Gasteiger partial charge is 0.481 e. The van der Waals surface area contributed by atoms with Crippen molar-refractivity contribution >= 4 is 39.7 Å². The molecule has 0 amide bonds. The molecule has 8 nitrogen and oxygen atoms in total. The molecule has 5 aromatic rings. The standard InChI is InChI=1S/C28H23ClFN5O3/c29-21-12-32-27-24(34-21)17(11-31-27)26-33-18(10-16-13-5-7-14(8-6-13)22(16)28(36)37)23(30)25(35-26)20-9-15-3-1-2-4-19(15)38-20/h1-4,9,11-14,16,22H,5-8,10H2,(H,31,32)(H,36,37). The Bertz CT molecular complexity index is 1670. The molecule has 3 saturated carbocycles. The van der Waals surface area contributed by atoms with E-state index in [4.69, 9.17) is 16.0 Å². The summed E-state index contributed by atoms with van der Waals surface area (Å²) in [6.45, 7) is 0. The number of aromatic nitrogens is 5. The molecule has 2 N–H and O–H groups in total. The highest BCUT2D eigenvalue weighted by Crippen LogP contribution is 2.50. The number of benzene rings is 1. The van der Waals surface area contributed by atoms with E-state index in [1.54, 1.807) is 12.3 Å². The van der Waals surface area contributed by atoms with Crippen molar-refractivity contribution in [3.63, 3.8) is 0 Å². The number of furan rings is 1. The highest BCUT2D eigenvalue weighted by atomic mass is 35.5. The van der Waals surface area contributed by atoms with Crippen molar-refractivity contribution in [2.75, 3.05) is 0 Å². The summed E-state index contributed by atoms with van der Waals surface area (Å²) in [6.07, 6.45) is 7.07. The second-order valence-electron chi connectivity index (χ2n) is 10.3. The van der Waals surface area contributed by atoms with E-state index in [1.807, 2.05) is 24.3 Å². The Balaban J connectivity index is 1.40. The van der Waals surface area contributed by atoms with E-state index in [0.29, 0.717) is 22.3 Å². The van der Waals surface area contributed by atoms with Gasteiger partial charge in [-0.3, -0.25) is 4.79 Å². The fourth-order valence-electron chi connectivity index (χ4n) is 6.53. The zero-order chi connectivity index (χ0) is 26.0. The van der Waals surface area contributed by atoms with Crippen LogP contribution >= 0.6 is 11.6 Å². The molecule has 2 bridgehead atoms. The van der Waals surface area contributed by atoms with Gasteiger partial charge in [0.05, 0.1) is 23.4 Å². The van der Waals surface area contributed by atoms with Crippen LogP contribution in [-0.2, 0) is 11.2 Å². The summed E-state index contributed by atoms with van der Waals surface area (Å²) in [6, 6.07) is 9.18. The molecule has 10 heteroatoms. The number of H-pyrrole nitrogens is 1. The molecule has 8 rings (SSSR count). The number of para-hydroxylation sites is 1. The molecule has 0 spiro atoms. The van der Waals surface area contributed by atoms with E-state index in [1.165, 1.54) is 6.20 Å². The van der Waals surface area contributed by atoms with Crippen molar-refractivity contribution in [1.82, 2.24) is 24.9 Å². The fourth-order valence-corrected chi connectivity index (χ4v) is 6.66. The Labute approximate surface area is 221 Å². The average molecular weight is 532 g/mol. The van der Waals surface area contributed by atoms with Crippen molar-refractivity contribution in [3.05, 3.63) is 59.4 Å². The summed E-state index contributed by atoms with van der Waals surface area (Å²) in [5.74, 6) is -1.24. The molecule has 2 atom stereocenters. The summed E-state index contributed by atoms with van der Waals surface area (Å²) in [4.78, 5) is 33.2. The number of hydrogen-bond donors (Lipinski definition) is 2. The van der Waals surface area contributed by atoms with Gasteiger partial charge < -0.3 is 14.5 Å². The quantitative estimate of drug-likeness (QED) is 0.273. The van der Waals surface area contributed by atoms with Gasteiger partial charge in [-0.05, 0) is 62.0 Å². The molecule has 0 aliphatic heterocycles. The summed E-state index contributed by atoms with van der Waals surface area (Å²) >= 11 is 6.12. The second-order valence-corrected chi connectivity index (χ2v) is 10.7. The number of rotatable bonds is 5. The van der Waals surface area contributed by atoms with Crippen molar-refractivity contribution < 1.29 is 18.7 Å². The van der Waals surface area contributed by atoms with Crippen LogP contribution in [0.2, 0.25) is 5.15 Å². The first-order valence-corrected chi connectivity index (χ1v) is 13.1. The predicted octanol–water partition coefficient (Wildman–Crippen LogP) is 6.30. The summed E-state index contributed by atoms with van der Waals surface area (Å²) in [5.41, 5.74) is 2.31. The molecular formula is C28H23ClFN5O3. The Morgan fingerprint density at radius 3 is 2.71 bits per heavy atom. The lowest BCUT2D eigenvalue weighted by Gasteiger charge is -2.46. The minimum Gasteiger partial charge on any atom is -0.481 e. The number of carboxylic acids is 1. The lowest BCUT2D eigenvalue weighted by Crippen LogP contribution is -2.45. The Hall–Kier alpha value is -3.85. The normalized spacial score (nSPS) is 22.9. The summed E-state index contributed by atoms with van der Waals surface area (Å²) < 4.78 is 22.2. The monoisotopic (exact) mass is 531 g/mol. The Kier molecular flexibility index (Phi) is 5.43. The average Bonchev–Trinajstić information content (AvgIpc) is 3.54. The van der Waals surface area contributed by atoms with Crippen LogP contribution in [0.5, 0.6) is 0 Å². The first kappa shape index (κ1) is 23.3. The van der Waals surface area contributed by atoms with E-state index in [-0.39, 0.29) is 52.3 Å². The first-order chi connectivity index (χ1) is 18.5. The number of carbonyl (C=O) groups is 1. The Morgan fingerprint density at radius 1 is 1.13 bits per heavy atom. The molecular weight excluding hydrogens is 509 g/mol. The minimum absolute atomic E-state index is 0.0263. The SMILES string of the molecule is O=C(O)C1C2CCC(CC2)C1Cc1nc(-c2c[nH]c3ncc(Cl)nc23)nc(-c2cc3ccccc3o2)c1F. The van der Waals surface area contributed by atoms with Crippen LogP contribution in [0.1, 0.15) is 31.4 Å². The predicted molar refractivity (Wildman–Crippen MR) is 139 cm³/mol. The number of nitrogens with one attached hydrogen (secondary N) is 1. The fraction of sp³-hybridized carbons (Fsp3) is 0.321. The van der Waals surface area contributed by atoms with Gasteiger partial charge in [-0.15, -0.1) is 0 Å². The van der Waals surface area contributed by atoms with Gasteiger partial charge in [-0.25, -0.2) is 24.3 Å². The Morgan fingerprint density at radius 2 is 1.92 bits per heavy atom. The van der Waals surface area contributed by atoms with Gasteiger partial charge in [-0.2, -0.15) is 0 Å². The summed E-state index contributed by atoms with van der Waals surface area (Å²) in [5, 5.41) is 11.1. The van der Waals surface area contributed by atoms with Gasteiger partial charge in [0, 0.05) is 11.6 Å². The van der Waals surface area contributed by atoms with Crippen LogP contribution in [0.25, 0.3) is 45.0 Å². The number of nitrogens with zero attached hydrogens (tertiary/aromatic N) is 4. The van der Waals surface area contributed by atoms with Gasteiger partial charge in [0.1, 0.15) is 21.9 Å². The first-order valence-electron chi connectivity index (χ1n) is 12.7. The highest BCUT2D eigenvalue weighted by Gasteiger charge is 2.47. The molecule has 38 heavy (non-hydrogen) atoms. The zero-order valence-electron chi connectivity index (χ0n) is 20.2. The third-order valence-corrected chi connectivity index (χ3v) is 8.46. The van der Waals surface area contributed by atoms with Crippen LogP contribution in [0.4, 0.5) is 4.39 Å². The van der Waals surface area contributed by atoms with Crippen molar-refractivity contribution in [3.8, 4) is 22.8 Å². The van der Waals surface area contributed by atoms with Gasteiger partial charge in [0.2, 0.25) is 0 Å². The zero-order valence-corrected chi connectivity index (χ0v) is 21.0. The number of fused-ring (bicyclic) bond motifs is 5. The number of halogens is 2. The van der Waals surface area contributed by atoms with Gasteiger partial charge in [0.15, 0.2) is 23.0 Å². The van der Waals surface area contributed by atoms with Crippen LogP contribution in [0.3, 0.4) is 0 Å². The van der Waals surface area contributed by atoms with Crippen LogP contribution in [0, 0.1) is 29.5 Å². The van der Waals surface area contributed by atoms with E-state index in [9.17, 15) is 9.90 Å².